The second kappa shape index (κ2) is 4.94. The highest BCUT2D eigenvalue weighted by Gasteiger charge is 2.19. The van der Waals surface area contributed by atoms with Gasteiger partial charge in [0.05, 0.1) is 5.52 Å². The van der Waals surface area contributed by atoms with Crippen molar-refractivity contribution in [2.24, 2.45) is 0 Å². The second-order valence-corrected chi connectivity index (χ2v) is 4.85. The summed E-state index contributed by atoms with van der Waals surface area (Å²) in [5, 5.41) is 4.82. The first-order chi connectivity index (χ1) is 8.88. The van der Waals surface area contributed by atoms with Crippen LogP contribution in [0.1, 0.15) is 13.3 Å². The Hall–Kier alpha value is -1.61. The van der Waals surface area contributed by atoms with E-state index >= 15 is 0 Å². The van der Waals surface area contributed by atoms with Crippen molar-refractivity contribution in [1.82, 2.24) is 10.3 Å². The Morgan fingerprint density at radius 3 is 3.17 bits per heavy atom. The van der Waals surface area contributed by atoms with E-state index in [1.54, 1.807) is 0 Å². The van der Waals surface area contributed by atoms with E-state index in [0.29, 0.717) is 6.04 Å². The van der Waals surface area contributed by atoms with Crippen LogP contribution in [0.15, 0.2) is 36.5 Å². The molecule has 1 fully saturated rings. The average Bonchev–Trinajstić information content (AvgIpc) is 2.47. The number of benzene rings is 1. The number of hydrogen-bond acceptors (Lipinski definition) is 3. The van der Waals surface area contributed by atoms with Gasteiger partial charge in [-0.1, -0.05) is 13.0 Å². The lowest BCUT2D eigenvalue weighted by molar-refractivity contribution is 0.447. The first kappa shape index (κ1) is 11.5. The number of piperazine rings is 1. The maximum atomic E-state index is 4.43. The molecule has 1 aliphatic heterocycles. The SMILES string of the molecule is CCC1CN(c2cccc3ncccc23)CCN1. The zero-order valence-electron chi connectivity index (χ0n) is 10.8. The molecule has 1 aromatic carbocycles. The summed E-state index contributed by atoms with van der Waals surface area (Å²) in [6.45, 7) is 5.47. The molecule has 0 bridgehead atoms. The summed E-state index contributed by atoms with van der Waals surface area (Å²) >= 11 is 0. The van der Waals surface area contributed by atoms with Gasteiger partial charge in [0.1, 0.15) is 0 Å². The maximum Gasteiger partial charge on any atom is 0.0722 e. The molecule has 2 heterocycles. The number of rotatable bonds is 2. The Bertz CT molecular complexity index is 533. The average molecular weight is 241 g/mol. The highest BCUT2D eigenvalue weighted by atomic mass is 15.2. The van der Waals surface area contributed by atoms with Crippen molar-refractivity contribution in [1.29, 1.82) is 0 Å². The van der Waals surface area contributed by atoms with Gasteiger partial charge in [-0.3, -0.25) is 4.98 Å². The standard InChI is InChI=1S/C15H19N3/c1-2-12-11-18(10-9-16-12)15-7-3-6-14-13(15)5-4-8-17-14/h3-8,12,16H,2,9-11H2,1H3. The molecule has 1 aliphatic rings. The molecule has 1 unspecified atom stereocenters. The molecule has 3 nitrogen and oxygen atoms in total. The largest absolute Gasteiger partial charge is 0.368 e. The van der Waals surface area contributed by atoms with Crippen LogP contribution < -0.4 is 10.2 Å². The van der Waals surface area contributed by atoms with Crippen molar-refractivity contribution in [2.75, 3.05) is 24.5 Å². The van der Waals surface area contributed by atoms with E-state index in [1.807, 2.05) is 12.3 Å². The lowest BCUT2D eigenvalue weighted by Crippen LogP contribution is -2.50. The first-order valence-electron chi connectivity index (χ1n) is 6.70. The Balaban J connectivity index is 1.98. The monoisotopic (exact) mass is 241 g/mol. The molecule has 1 saturated heterocycles. The third-order valence-corrected chi connectivity index (χ3v) is 3.71. The van der Waals surface area contributed by atoms with Crippen molar-refractivity contribution in [3.63, 3.8) is 0 Å². The van der Waals surface area contributed by atoms with E-state index < -0.39 is 0 Å². The molecule has 0 amide bonds. The molecule has 94 valence electrons. The lowest BCUT2D eigenvalue weighted by atomic mass is 10.1. The summed E-state index contributed by atoms with van der Waals surface area (Å²) in [5.74, 6) is 0. The molecule has 1 aromatic heterocycles. The lowest BCUT2D eigenvalue weighted by Gasteiger charge is -2.35. The number of nitrogens with zero attached hydrogens (tertiary/aromatic N) is 2. The Morgan fingerprint density at radius 2 is 2.28 bits per heavy atom. The molecule has 3 rings (SSSR count). The summed E-state index contributed by atoms with van der Waals surface area (Å²) in [4.78, 5) is 6.91. The van der Waals surface area contributed by atoms with Crippen LogP contribution >= 0.6 is 0 Å². The highest BCUT2D eigenvalue weighted by molar-refractivity contribution is 5.91. The molecule has 0 spiro atoms. The van der Waals surface area contributed by atoms with Crippen LogP contribution in [0.2, 0.25) is 0 Å². The summed E-state index contributed by atoms with van der Waals surface area (Å²) < 4.78 is 0. The van der Waals surface area contributed by atoms with Crippen molar-refractivity contribution in [3.05, 3.63) is 36.5 Å². The topological polar surface area (TPSA) is 28.2 Å². The first-order valence-corrected chi connectivity index (χ1v) is 6.70. The van der Waals surface area contributed by atoms with Gasteiger partial charge in [-0.05, 0) is 30.7 Å². The van der Waals surface area contributed by atoms with E-state index in [0.717, 1.165) is 25.2 Å². The Labute approximate surface area is 108 Å². The van der Waals surface area contributed by atoms with Gasteiger partial charge in [0.25, 0.3) is 0 Å². The number of pyridine rings is 1. The number of aromatic nitrogens is 1. The summed E-state index contributed by atoms with van der Waals surface area (Å²) in [7, 11) is 0. The van der Waals surface area contributed by atoms with Gasteiger partial charge in [0, 0.05) is 42.9 Å². The van der Waals surface area contributed by atoms with E-state index in [4.69, 9.17) is 0 Å². The summed E-state index contributed by atoms with van der Waals surface area (Å²) in [5.41, 5.74) is 2.40. The van der Waals surface area contributed by atoms with Crippen molar-refractivity contribution in [3.8, 4) is 0 Å². The highest BCUT2D eigenvalue weighted by Crippen LogP contribution is 2.26. The van der Waals surface area contributed by atoms with Gasteiger partial charge in [-0.25, -0.2) is 0 Å². The maximum absolute atomic E-state index is 4.43. The Kier molecular flexibility index (Phi) is 3.15. The minimum Gasteiger partial charge on any atom is -0.368 e. The molecule has 0 saturated carbocycles. The number of hydrogen-bond donors (Lipinski definition) is 1. The van der Waals surface area contributed by atoms with Gasteiger partial charge >= 0.3 is 0 Å². The third kappa shape index (κ3) is 2.06. The zero-order valence-corrected chi connectivity index (χ0v) is 10.8. The summed E-state index contributed by atoms with van der Waals surface area (Å²) in [6.07, 6.45) is 3.04. The minimum atomic E-state index is 0.602. The molecular weight excluding hydrogens is 222 g/mol. The predicted octanol–water partition coefficient (Wildman–Crippen LogP) is 2.42. The molecule has 0 radical (unpaired) electrons. The quantitative estimate of drug-likeness (QED) is 0.875. The van der Waals surface area contributed by atoms with E-state index in [2.05, 4.69) is 46.4 Å². The molecule has 3 heteroatoms. The van der Waals surface area contributed by atoms with E-state index in [9.17, 15) is 0 Å². The summed E-state index contributed by atoms with van der Waals surface area (Å²) in [6, 6.07) is 11.2. The van der Waals surface area contributed by atoms with Crippen LogP contribution in [0.3, 0.4) is 0 Å². The van der Waals surface area contributed by atoms with E-state index in [1.165, 1.54) is 17.5 Å². The number of fused-ring (bicyclic) bond motifs is 1. The van der Waals surface area contributed by atoms with Crippen molar-refractivity contribution < 1.29 is 0 Å². The fourth-order valence-corrected chi connectivity index (χ4v) is 2.68. The molecule has 18 heavy (non-hydrogen) atoms. The van der Waals surface area contributed by atoms with E-state index in [-0.39, 0.29) is 0 Å². The molecule has 1 atom stereocenters. The van der Waals surface area contributed by atoms with Crippen molar-refractivity contribution >= 4 is 16.6 Å². The molecule has 2 aromatic rings. The van der Waals surface area contributed by atoms with Gasteiger partial charge in [0.2, 0.25) is 0 Å². The van der Waals surface area contributed by atoms with Crippen LogP contribution in [0.5, 0.6) is 0 Å². The van der Waals surface area contributed by atoms with Crippen molar-refractivity contribution in [2.45, 2.75) is 19.4 Å². The fourth-order valence-electron chi connectivity index (χ4n) is 2.68. The Morgan fingerprint density at radius 1 is 1.33 bits per heavy atom. The van der Waals surface area contributed by atoms with Crippen LogP contribution in [-0.4, -0.2) is 30.7 Å². The zero-order chi connectivity index (χ0) is 12.4. The second-order valence-electron chi connectivity index (χ2n) is 4.85. The van der Waals surface area contributed by atoms with Gasteiger partial charge in [0.15, 0.2) is 0 Å². The van der Waals surface area contributed by atoms with Gasteiger partial charge < -0.3 is 10.2 Å². The number of anilines is 1. The molecule has 1 N–H and O–H groups in total. The van der Waals surface area contributed by atoms with Crippen LogP contribution in [0.4, 0.5) is 5.69 Å². The molecule has 0 aliphatic carbocycles. The third-order valence-electron chi connectivity index (χ3n) is 3.71. The predicted molar refractivity (Wildman–Crippen MR) is 76.0 cm³/mol. The van der Waals surface area contributed by atoms with Gasteiger partial charge in [-0.15, -0.1) is 0 Å². The van der Waals surface area contributed by atoms with Crippen LogP contribution in [0, 0.1) is 0 Å². The van der Waals surface area contributed by atoms with Gasteiger partial charge in [-0.2, -0.15) is 0 Å². The van der Waals surface area contributed by atoms with Crippen LogP contribution in [-0.2, 0) is 0 Å². The molecular formula is C15H19N3. The number of nitrogens with one attached hydrogen (secondary N) is 1. The normalized spacial score (nSPS) is 20.3. The smallest absolute Gasteiger partial charge is 0.0722 e. The minimum absolute atomic E-state index is 0.602. The van der Waals surface area contributed by atoms with Crippen LogP contribution in [0.25, 0.3) is 10.9 Å². The fraction of sp³-hybridized carbons (Fsp3) is 0.400.